The summed E-state index contributed by atoms with van der Waals surface area (Å²) < 4.78 is 10.4. The molecule has 0 N–H and O–H groups in total. The highest BCUT2D eigenvalue weighted by Crippen LogP contribution is 2.48. The first-order valence-corrected chi connectivity index (χ1v) is 11.2. The predicted molar refractivity (Wildman–Crippen MR) is 131 cm³/mol. The molecule has 5 heteroatoms. The Morgan fingerprint density at radius 3 is 1.82 bits per heavy atom. The van der Waals surface area contributed by atoms with E-state index in [1.165, 1.54) is 7.11 Å². The van der Waals surface area contributed by atoms with Gasteiger partial charge in [-0.05, 0) is 39.6 Å². The van der Waals surface area contributed by atoms with Gasteiger partial charge >= 0.3 is 11.9 Å². The fourth-order valence-electron chi connectivity index (χ4n) is 4.70. The number of esters is 2. The fraction of sp³-hybridized carbons (Fsp3) is 0.207. The van der Waals surface area contributed by atoms with Crippen molar-refractivity contribution in [3.05, 3.63) is 96.1 Å². The van der Waals surface area contributed by atoms with Crippen LogP contribution in [0.25, 0.3) is 21.5 Å². The van der Waals surface area contributed by atoms with Gasteiger partial charge in [-0.25, -0.2) is 0 Å². The third kappa shape index (κ3) is 3.99. The van der Waals surface area contributed by atoms with Gasteiger partial charge in [0.2, 0.25) is 0 Å². The van der Waals surface area contributed by atoms with Gasteiger partial charge in [-0.2, -0.15) is 5.26 Å². The van der Waals surface area contributed by atoms with E-state index in [2.05, 4.69) is 6.07 Å². The molecule has 4 rings (SSSR count). The van der Waals surface area contributed by atoms with E-state index >= 15 is 0 Å². The third-order valence-corrected chi connectivity index (χ3v) is 6.25. The number of nitriles is 1. The topological polar surface area (TPSA) is 76.4 Å². The number of carbonyl (C=O) groups is 2. The van der Waals surface area contributed by atoms with E-state index in [4.69, 9.17) is 9.47 Å². The Morgan fingerprint density at radius 2 is 1.35 bits per heavy atom. The largest absolute Gasteiger partial charge is 0.469 e. The first kappa shape index (κ1) is 23.0. The molecule has 0 fully saturated rings. The highest BCUT2D eigenvalue weighted by atomic mass is 16.5. The van der Waals surface area contributed by atoms with E-state index in [1.807, 2.05) is 84.9 Å². The second-order valence-electron chi connectivity index (χ2n) is 8.13. The minimum Gasteiger partial charge on any atom is -0.469 e. The van der Waals surface area contributed by atoms with Crippen molar-refractivity contribution in [2.75, 3.05) is 13.7 Å². The first-order valence-electron chi connectivity index (χ1n) is 11.2. The van der Waals surface area contributed by atoms with Crippen LogP contribution >= 0.6 is 0 Å². The summed E-state index contributed by atoms with van der Waals surface area (Å²) >= 11 is 0. The van der Waals surface area contributed by atoms with E-state index in [1.54, 1.807) is 6.92 Å². The zero-order valence-corrected chi connectivity index (χ0v) is 19.2. The van der Waals surface area contributed by atoms with Crippen LogP contribution in [-0.2, 0) is 19.1 Å². The lowest BCUT2D eigenvalue weighted by Crippen LogP contribution is -2.40. The maximum absolute atomic E-state index is 13.6. The molecule has 0 amide bonds. The molecule has 0 saturated heterocycles. The van der Waals surface area contributed by atoms with Crippen LogP contribution in [0.5, 0.6) is 0 Å². The second-order valence-corrected chi connectivity index (χ2v) is 8.13. The second kappa shape index (κ2) is 9.76. The van der Waals surface area contributed by atoms with Gasteiger partial charge in [0.05, 0.1) is 26.2 Å². The van der Waals surface area contributed by atoms with E-state index in [-0.39, 0.29) is 6.61 Å². The number of methoxy groups -OCH3 is 1. The zero-order valence-electron chi connectivity index (χ0n) is 19.2. The number of carbonyl (C=O) groups excluding carboxylic acids is 2. The average Bonchev–Trinajstić information content (AvgIpc) is 2.88. The number of hydrogen-bond acceptors (Lipinski definition) is 5. The lowest BCUT2D eigenvalue weighted by atomic mass is 9.66. The van der Waals surface area contributed by atoms with Crippen LogP contribution < -0.4 is 0 Å². The fourth-order valence-corrected chi connectivity index (χ4v) is 4.70. The molecular weight excluding hydrogens is 426 g/mol. The Balaban J connectivity index is 2.12. The number of rotatable bonds is 7. The van der Waals surface area contributed by atoms with Crippen LogP contribution in [0.1, 0.15) is 30.4 Å². The third-order valence-electron chi connectivity index (χ3n) is 6.25. The van der Waals surface area contributed by atoms with Gasteiger partial charge < -0.3 is 9.47 Å². The van der Waals surface area contributed by atoms with Crippen LogP contribution in [0, 0.1) is 16.7 Å². The molecule has 0 bridgehead atoms. The molecule has 34 heavy (non-hydrogen) atoms. The summed E-state index contributed by atoms with van der Waals surface area (Å²) in [5.41, 5.74) is -0.293. The van der Waals surface area contributed by atoms with Crippen molar-refractivity contribution in [2.24, 2.45) is 5.41 Å². The summed E-state index contributed by atoms with van der Waals surface area (Å²) in [4.78, 5) is 26.2. The van der Waals surface area contributed by atoms with Crippen LogP contribution in [0.3, 0.4) is 0 Å². The maximum atomic E-state index is 13.6. The van der Waals surface area contributed by atoms with Gasteiger partial charge in [-0.1, -0.05) is 84.9 Å². The van der Waals surface area contributed by atoms with E-state index in [0.717, 1.165) is 32.7 Å². The summed E-state index contributed by atoms with van der Waals surface area (Å²) in [5, 5.41) is 14.3. The van der Waals surface area contributed by atoms with Crippen LogP contribution in [0.4, 0.5) is 0 Å². The van der Waals surface area contributed by atoms with E-state index < -0.39 is 29.7 Å². The van der Waals surface area contributed by atoms with Crippen molar-refractivity contribution in [3.8, 4) is 6.07 Å². The standard InChI is InChI=1S/C29H25NO4/c1-3-34-28(32)29(19-30,18-26(31)33-2)27(24-16-8-12-20-10-4-6-14-22(20)24)25-17-9-13-21-11-5-7-15-23(21)25/h4-17,27H,3,18H2,1-2H3/t29-/m1/s1. The maximum Gasteiger partial charge on any atom is 0.328 e. The molecule has 0 saturated carbocycles. The molecule has 1 atom stereocenters. The molecule has 0 unspecified atom stereocenters. The number of hydrogen-bond donors (Lipinski definition) is 0. The SMILES string of the molecule is CCOC(=O)[C@@](C#N)(CC(=O)OC)C(c1cccc2ccccc12)c1cccc2ccccc12. The number of benzene rings is 4. The van der Waals surface area contributed by atoms with Crippen LogP contribution in [0.15, 0.2) is 84.9 Å². The van der Waals surface area contributed by atoms with E-state index in [9.17, 15) is 14.9 Å². The molecule has 0 aliphatic rings. The normalized spacial score (nSPS) is 12.8. The molecular formula is C29H25NO4. The van der Waals surface area contributed by atoms with Gasteiger partial charge in [-0.3, -0.25) is 9.59 Å². The van der Waals surface area contributed by atoms with Gasteiger partial charge in [0.25, 0.3) is 0 Å². The molecule has 0 aromatic heterocycles. The van der Waals surface area contributed by atoms with Crippen molar-refractivity contribution in [2.45, 2.75) is 19.3 Å². The summed E-state index contributed by atoms with van der Waals surface area (Å²) in [5.74, 6) is -2.18. The Bertz CT molecular complexity index is 1310. The molecule has 4 aromatic rings. The van der Waals surface area contributed by atoms with Crippen molar-refractivity contribution < 1.29 is 19.1 Å². The molecule has 0 radical (unpaired) electrons. The summed E-state index contributed by atoms with van der Waals surface area (Å²) in [6.07, 6.45) is -0.435. The van der Waals surface area contributed by atoms with Gasteiger partial charge in [0.15, 0.2) is 5.41 Å². The smallest absolute Gasteiger partial charge is 0.328 e. The summed E-state index contributed by atoms with van der Waals surface area (Å²) in [6, 6.07) is 29.4. The van der Waals surface area contributed by atoms with E-state index in [0.29, 0.717) is 0 Å². The predicted octanol–water partition coefficient (Wildman–Crippen LogP) is 5.76. The van der Waals surface area contributed by atoms with Crippen molar-refractivity contribution >= 4 is 33.5 Å². The first-order chi connectivity index (χ1) is 16.6. The van der Waals surface area contributed by atoms with Gasteiger partial charge in [0.1, 0.15) is 0 Å². The van der Waals surface area contributed by atoms with Gasteiger partial charge in [0, 0.05) is 5.92 Å². The van der Waals surface area contributed by atoms with Crippen LogP contribution in [-0.4, -0.2) is 25.7 Å². The quantitative estimate of drug-likeness (QED) is 0.334. The lowest BCUT2D eigenvalue weighted by molar-refractivity contribution is -0.158. The number of fused-ring (bicyclic) bond motifs is 2. The van der Waals surface area contributed by atoms with Gasteiger partial charge in [-0.15, -0.1) is 0 Å². The number of nitrogens with zero attached hydrogens (tertiary/aromatic N) is 1. The van der Waals surface area contributed by atoms with Crippen molar-refractivity contribution in [1.82, 2.24) is 0 Å². The Hall–Kier alpha value is -4.17. The highest BCUT2D eigenvalue weighted by molar-refractivity contribution is 5.95. The molecule has 0 heterocycles. The summed E-state index contributed by atoms with van der Waals surface area (Å²) in [7, 11) is 1.25. The van der Waals surface area contributed by atoms with Crippen molar-refractivity contribution in [1.29, 1.82) is 5.26 Å². The van der Waals surface area contributed by atoms with Crippen LogP contribution in [0.2, 0.25) is 0 Å². The highest BCUT2D eigenvalue weighted by Gasteiger charge is 2.52. The molecule has 5 nitrogen and oxygen atoms in total. The Morgan fingerprint density at radius 1 is 0.853 bits per heavy atom. The molecule has 0 aliphatic heterocycles. The lowest BCUT2D eigenvalue weighted by Gasteiger charge is -2.34. The minimum atomic E-state index is -1.84. The minimum absolute atomic E-state index is 0.0846. The Kier molecular flexibility index (Phi) is 6.60. The number of ether oxygens (including phenoxy) is 2. The monoisotopic (exact) mass is 451 g/mol. The molecule has 0 aliphatic carbocycles. The van der Waals surface area contributed by atoms with Crippen molar-refractivity contribution in [3.63, 3.8) is 0 Å². The molecule has 0 spiro atoms. The Labute approximate surface area is 198 Å². The summed E-state index contributed by atoms with van der Waals surface area (Å²) in [6.45, 7) is 1.77. The molecule has 170 valence electrons. The average molecular weight is 452 g/mol. The zero-order chi connectivity index (χ0) is 24.1. The molecule has 4 aromatic carbocycles.